The first-order valence-electron chi connectivity index (χ1n) is 5.71. The number of piperazine rings is 1. The fourth-order valence-corrected chi connectivity index (χ4v) is 2.64. The smallest absolute Gasteiger partial charge is 0.252 e. The summed E-state index contributed by atoms with van der Waals surface area (Å²) in [5.41, 5.74) is -0.0427. The number of hydrogen-bond acceptors (Lipinski definition) is 3. The van der Waals surface area contributed by atoms with E-state index in [0.717, 1.165) is 10.6 Å². The van der Waals surface area contributed by atoms with Gasteiger partial charge in [0, 0.05) is 4.90 Å². The number of anilines is 1. The highest BCUT2D eigenvalue weighted by atomic mass is 32.2. The lowest BCUT2D eigenvalue weighted by Gasteiger charge is -2.38. The van der Waals surface area contributed by atoms with E-state index in [1.165, 1.54) is 0 Å². The van der Waals surface area contributed by atoms with Crippen LogP contribution in [0.1, 0.15) is 13.8 Å². The van der Waals surface area contributed by atoms with Crippen molar-refractivity contribution in [2.75, 3.05) is 17.7 Å². The summed E-state index contributed by atoms with van der Waals surface area (Å²) in [4.78, 5) is 26.6. The van der Waals surface area contributed by atoms with Gasteiger partial charge in [0.25, 0.3) is 5.91 Å². The van der Waals surface area contributed by atoms with Crippen molar-refractivity contribution in [3.63, 3.8) is 0 Å². The van der Waals surface area contributed by atoms with Gasteiger partial charge >= 0.3 is 0 Å². The van der Waals surface area contributed by atoms with Crippen LogP contribution in [-0.4, -0.2) is 30.2 Å². The Morgan fingerprint density at radius 1 is 1.28 bits per heavy atom. The van der Waals surface area contributed by atoms with Gasteiger partial charge in [-0.2, -0.15) is 0 Å². The van der Waals surface area contributed by atoms with Crippen molar-refractivity contribution in [2.45, 2.75) is 24.3 Å². The number of nitrogens with one attached hydrogen (secondary N) is 1. The Bertz CT molecular complexity index is 500. The Morgan fingerprint density at radius 2 is 1.94 bits per heavy atom. The van der Waals surface area contributed by atoms with Gasteiger partial charge in [-0.05, 0) is 32.2 Å². The number of rotatable bonds is 2. The molecule has 4 nitrogen and oxygen atoms in total. The molecule has 2 rings (SSSR count). The zero-order chi connectivity index (χ0) is 13.3. The number of carbonyl (C=O) groups excluding carboxylic acids is 2. The van der Waals surface area contributed by atoms with Gasteiger partial charge in [-0.1, -0.05) is 12.1 Å². The van der Waals surface area contributed by atoms with E-state index in [9.17, 15) is 9.59 Å². The molecule has 0 atom stereocenters. The van der Waals surface area contributed by atoms with E-state index >= 15 is 0 Å². The molecule has 2 amide bonds. The van der Waals surface area contributed by atoms with E-state index in [1.807, 2.05) is 30.5 Å². The molecule has 0 unspecified atom stereocenters. The SMILES string of the molecule is CSc1ccccc1N1CC(=O)NC(C)(C)C1=O. The van der Waals surface area contributed by atoms with E-state index in [0.29, 0.717) is 0 Å². The van der Waals surface area contributed by atoms with Crippen LogP contribution < -0.4 is 10.2 Å². The highest BCUT2D eigenvalue weighted by Crippen LogP contribution is 2.30. The van der Waals surface area contributed by atoms with Crippen LogP contribution in [0, 0.1) is 0 Å². The minimum absolute atomic E-state index is 0.0800. The average molecular weight is 264 g/mol. The average Bonchev–Trinajstić information content (AvgIpc) is 2.33. The van der Waals surface area contributed by atoms with Crippen LogP contribution in [0.4, 0.5) is 5.69 Å². The summed E-state index contributed by atoms with van der Waals surface area (Å²) in [5.74, 6) is -0.209. The molecular weight excluding hydrogens is 248 g/mol. The third-order valence-corrected chi connectivity index (χ3v) is 3.69. The second kappa shape index (κ2) is 4.65. The number of amides is 2. The van der Waals surface area contributed by atoms with Crippen LogP contribution in [0.15, 0.2) is 29.2 Å². The van der Waals surface area contributed by atoms with E-state index in [2.05, 4.69) is 5.32 Å². The molecule has 1 heterocycles. The summed E-state index contributed by atoms with van der Waals surface area (Å²) in [6.45, 7) is 3.53. The Balaban J connectivity index is 2.43. The first-order chi connectivity index (χ1) is 8.45. The van der Waals surface area contributed by atoms with Gasteiger partial charge in [0.1, 0.15) is 12.1 Å². The van der Waals surface area contributed by atoms with Gasteiger partial charge in [0.15, 0.2) is 0 Å². The second-order valence-corrected chi connectivity index (χ2v) is 5.58. The number of carbonyl (C=O) groups is 2. The van der Waals surface area contributed by atoms with Crippen molar-refractivity contribution < 1.29 is 9.59 Å². The minimum atomic E-state index is -0.846. The van der Waals surface area contributed by atoms with E-state index in [1.54, 1.807) is 30.5 Å². The first-order valence-corrected chi connectivity index (χ1v) is 6.94. The van der Waals surface area contributed by atoms with Crippen LogP contribution in [0.2, 0.25) is 0 Å². The van der Waals surface area contributed by atoms with E-state index in [4.69, 9.17) is 0 Å². The lowest BCUT2D eigenvalue weighted by Crippen LogP contribution is -2.64. The van der Waals surface area contributed by atoms with Crippen LogP contribution in [0.25, 0.3) is 0 Å². The normalized spacial score (nSPS) is 18.7. The molecule has 96 valence electrons. The molecule has 1 aliphatic heterocycles. The molecule has 1 fully saturated rings. The molecule has 1 saturated heterocycles. The van der Waals surface area contributed by atoms with Crippen LogP contribution in [0.3, 0.4) is 0 Å². The summed E-state index contributed by atoms with van der Waals surface area (Å²) in [7, 11) is 0. The highest BCUT2D eigenvalue weighted by molar-refractivity contribution is 7.98. The molecule has 0 aromatic heterocycles. The van der Waals surface area contributed by atoms with Crippen molar-refractivity contribution in [2.24, 2.45) is 0 Å². The Labute approximate surface area is 111 Å². The number of nitrogens with zero attached hydrogens (tertiary/aromatic N) is 1. The zero-order valence-electron chi connectivity index (χ0n) is 10.7. The monoisotopic (exact) mass is 264 g/mol. The summed E-state index contributed by atoms with van der Waals surface area (Å²) >= 11 is 1.57. The topological polar surface area (TPSA) is 49.4 Å². The minimum Gasteiger partial charge on any atom is -0.341 e. The largest absolute Gasteiger partial charge is 0.341 e. The maximum absolute atomic E-state index is 12.4. The van der Waals surface area contributed by atoms with Crippen LogP contribution >= 0.6 is 11.8 Å². The van der Waals surface area contributed by atoms with Crippen LogP contribution in [0.5, 0.6) is 0 Å². The molecule has 1 aromatic carbocycles. The summed E-state index contributed by atoms with van der Waals surface area (Å²) in [6.07, 6.45) is 1.96. The van der Waals surface area contributed by atoms with Crippen molar-refractivity contribution in [3.8, 4) is 0 Å². The Morgan fingerprint density at radius 3 is 2.61 bits per heavy atom. The molecule has 18 heavy (non-hydrogen) atoms. The van der Waals surface area contributed by atoms with E-state index < -0.39 is 5.54 Å². The first kappa shape index (κ1) is 13.0. The predicted molar refractivity (Wildman–Crippen MR) is 72.8 cm³/mol. The van der Waals surface area contributed by atoms with Crippen molar-refractivity contribution in [3.05, 3.63) is 24.3 Å². The van der Waals surface area contributed by atoms with E-state index in [-0.39, 0.29) is 18.4 Å². The molecule has 1 aliphatic rings. The number of benzene rings is 1. The molecule has 1 N–H and O–H groups in total. The van der Waals surface area contributed by atoms with Gasteiger partial charge in [-0.3, -0.25) is 14.5 Å². The fourth-order valence-electron chi connectivity index (χ4n) is 2.04. The summed E-state index contributed by atoms with van der Waals surface area (Å²) in [6, 6.07) is 7.63. The summed E-state index contributed by atoms with van der Waals surface area (Å²) < 4.78 is 0. The fraction of sp³-hybridized carbons (Fsp3) is 0.385. The maximum atomic E-state index is 12.4. The van der Waals surface area contributed by atoms with Gasteiger partial charge < -0.3 is 5.32 Å². The molecule has 0 saturated carbocycles. The standard InChI is InChI=1S/C13H16N2O2S/c1-13(2)12(17)15(8-11(16)14-13)9-6-4-5-7-10(9)18-3/h4-7H,8H2,1-3H3,(H,14,16). The lowest BCUT2D eigenvalue weighted by molar-refractivity contribution is -0.134. The zero-order valence-corrected chi connectivity index (χ0v) is 11.5. The third-order valence-electron chi connectivity index (χ3n) is 2.91. The lowest BCUT2D eigenvalue weighted by atomic mass is 10.00. The number of para-hydroxylation sites is 1. The molecule has 0 bridgehead atoms. The van der Waals surface area contributed by atoms with Crippen molar-refractivity contribution in [1.82, 2.24) is 5.32 Å². The quantitative estimate of drug-likeness (QED) is 0.826. The maximum Gasteiger partial charge on any atom is 0.252 e. The third kappa shape index (κ3) is 2.22. The Kier molecular flexibility index (Phi) is 3.34. The molecular formula is C13H16N2O2S. The molecule has 0 radical (unpaired) electrons. The van der Waals surface area contributed by atoms with Gasteiger partial charge in [-0.25, -0.2) is 0 Å². The second-order valence-electron chi connectivity index (χ2n) is 4.74. The number of hydrogen-bond donors (Lipinski definition) is 1. The van der Waals surface area contributed by atoms with Gasteiger partial charge in [-0.15, -0.1) is 11.8 Å². The predicted octanol–water partition coefficient (Wildman–Crippen LogP) is 1.65. The Hall–Kier alpha value is -1.49. The number of thioether (sulfide) groups is 1. The molecule has 0 aliphatic carbocycles. The van der Waals surface area contributed by atoms with Crippen LogP contribution in [-0.2, 0) is 9.59 Å². The van der Waals surface area contributed by atoms with Gasteiger partial charge in [0.05, 0.1) is 5.69 Å². The molecule has 1 aromatic rings. The highest BCUT2D eigenvalue weighted by Gasteiger charge is 2.40. The molecule has 5 heteroatoms. The van der Waals surface area contributed by atoms with Crippen molar-refractivity contribution >= 4 is 29.3 Å². The molecule has 0 spiro atoms. The van der Waals surface area contributed by atoms with Crippen molar-refractivity contribution in [1.29, 1.82) is 0 Å². The summed E-state index contributed by atoms with van der Waals surface area (Å²) in [5, 5.41) is 2.71. The van der Waals surface area contributed by atoms with Gasteiger partial charge in [0.2, 0.25) is 5.91 Å².